The Kier molecular flexibility index (Phi) is 2.71. The molecule has 0 aliphatic carbocycles. The van der Waals surface area contributed by atoms with Crippen LogP contribution in [0.25, 0.3) is 0 Å². The van der Waals surface area contributed by atoms with E-state index in [9.17, 15) is 8.78 Å². The van der Waals surface area contributed by atoms with E-state index in [-0.39, 0.29) is 0 Å². The maximum absolute atomic E-state index is 13.2. The topological polar surface area (TPSA) is 30.7 Å². The zero-order chi connectivity index (χ0) is 10.7. The van der Waals surface area contributed by atoms with E-state index in [1.54, 1.807) is 11.0 Å². The van der Waals surface area contributed by atoms with Crippen LogP contribution in [0.5, 0.6) is 0 Å². The number of halogens is 2. The molecule has 0 atom stereocenters. The summed E-state index contributed by atoms with van der Waals surface area (Å²) in [6, 6.07) is 3.58. The van der Waals surface area contributed by atoms with Gasteiger partial charge in [0.15, 0.2) is 0 Å². The van der Waals surface area contributed by atoms with Crippen molar-refractivity contribution in [2.24, 2.45) is 0 Å². The van der Waals surface area contributed by atoms with Crippen molar-refractivity contribution in [1.82, 2.24) is 14.8 Å². The Morgan fingerprint density at radius 1 is 1.27 bits per heavy atom. The summed E-state index contributed by atoms with van der Waals surface area (Å²) in [4.78, 5) is 3.77. The summed E-state index contributed by atoms with van der Waals surface area (Å²) in [6.45, 7) is 0.530. The second kappa shape index (κ2) is 4.16. The third-order valence-electron chi connectivity index (χ3n) is 2.09. The normalized spacial score (nSPS) is 10.5. The summed E-state index contributed by atoms with van der Waals surface area (Å²) in [6.07, 6.45) is 3.44. The number of hydrogen-bond donors (Lipinski definition) is 0. The Hall–Kier alpha value is -1.78. The van der Waals surface area contributed by atoms with Crippen LogP contribution < -0.4 is 0 Å². The SMILES string of the molecule is Fc1ccc(CCn2cncn2)c(F)c1. The standard InChI is InChI=1S/C10H9F2N3/c11-9-2-1-8(10(12)5-9)3-4-15-7-13-6-14-15/h1-2,5-7H,3-4H2. The van der Waals surface area contributed by atoms with Crippen molar-refractivity contribution < 1.29 is 8.78 Å². The molecule has 2 rings (SSSR count). The van der Waals surface area contributed by atoms with Gasteiger partial charge < -0.3 is 0 Å². The predicted octanol–water partition coefficient (Wildman–Crippen LogP) is 1.80. The summed E-state index contributed by atoms with van der Waals surface area (Å²) < 4.78 is 27.4. The zero-order valence-corrected chi connectivity index (χ0v) is 7.90. The molecule has 0 radical (unpaired) electrons. The third-order valence-corrected chi connectivity index (χ3v) is 2.09. The van der Waals surface area contributed by atoms with Crippen LogP contribution >= 0.6 is 0 Å². The molecule has 0 saturated heterocycles. The van der Waals surface area contributed by atoms with E-state index in [1.807, 2.05) is 0 Å². The van der Waals surface area contributed by atoms with E-state index in [0.29, 0.717) is 18.5 Å². The molecule has 0 saturated carbocycles. The molecule has 15 heavy (non-hydrogen) atoms. The van der Waals surface area contributed by atoms with Crippen LogP contribution in [0.15, 0.2) is 30.9 Å². The Morgan fingerprint density at radius 3 is 2.80 bits per heavy atom. The van der Waals surface area contributed by atoms with Gasteiger partial charge in [0.2, 0.25) is 0 Å². The highest BCUT2D eigenvalue weighted by Crippen LogP contribution is 2.10. The lowest BCUT2D eigenvalue weighted by molar-refractivity contribution is 0.553. The predicted molar refractivity (Wildman–Crippen MR) is 50.1 cm³/mol. The van der Waals surface area contributed by atoms with Gasteiger partial charge in [0.05, 0.1) is 0 Å². The van der Waals surface area contributed by atoms with Crippen LogP contribution in [0.4, 0.5) is 8.78 Å². The fraction of sp³-hybridized carbons (Fsp3) is 0.200. The molecule has 5 heteroatoms. The van der Waals surface area contributed by atoms with Crippen molar-refractivity contribution in [3.63, 3.8) is 0 Å². The van der Waals surface area contributed by atoms with E-state index in [1.165, 1.54) is 18.5 Å². The van der Waals surface area contributed by atoms with Crippen molar-refractivity contribution in [1.29, 1.82) is 0 Å². The number of rotatable bonds is 3. The van der Waals surface area contributed by atoms with E-state index >= 15 is 0 Å². The number of nitrogens with zero attached hydrogens (tertiary/aromatic N) is 3. The van der Waals surface area contributed by atoms with Crippen molar-refractivity contribution in [3.05, 3.63) is 48.1 Å². The van der Waals surface area contributed by atoms with Gasteiger partial charge in [-0.25, -0.2) is 13.8 Å². The van der Waals surface area contributed by atoms with Gasteiger partial charge in [0.25, 0.3) is 0 Å². The Morgan fingerprint density at radius 2 is 2.13 bits per heavy atom. The Labute approximate surface area is 85.4 Å². The van der Waals surface area contributed by atoms with Gasteiger partial charge in [0.1, 0.15) is 24.3 Å². The molecule has 1 aromatic heterocycles. The minimum atomic E-state index is -0.558. The lowest BCUT2D eigenvalue weighted by Crippen LogP contribution is -2.03. The molecule has 0 unspecified atom stereocenters. The van der Waals surface area contributed by atoms with Gasteiger partial charge >= 0.3 is 0 Å². The molecule has 1 aromatic carbocycles. The number of hydrogen-bond acceptors (Lipinski definition) is 2. The van der Waals surface area contributed by atoms with Crippen LogP contribution in [-0.4, -0.2) is 14.8 Å². The lowest BCUT2D eigenvalue weighted by atomic mass is 10.1. The van der Waals surface area contributed by atoms with Crippen molar-refractivity contribution in [2.45, 2.75) is 13.0 Å². The number of aryl methyl sites for hydroxylation is 2. The van der Waals surface area contributed by atoms with Crippen LogP contribution in [0, 0.1) is 11.6 Å². The molecule has 0 aliphatic heterocycles. The van der Waals surface area contributed by atoms with Crippen LogP contribution in [0.3, 0.4) is 0 Å². The second-order valence-electron chi connectivity index (χ2n) is 3.14. The second-order valence-corrected chi connectivity index (χ2v) is 3.14. The van der Waals surface area contributed by atoms with Crippen molar-refractivity contribution >= 4 is 0 Å². The van der Waals surface area contributed by atoms with E-state index in [4.69, 9.17) is 0 Å². The van der Waals surface area contributed by atoms with Gasteiger partial charge in [-0.2, -0.15) is 5.10 Å². The molecule has 1 heterocycles. The molecule has 0 bridgehead atoms. The lowest BCUT2D eigenvalue weighted by Gasteiger charge is -2.02. The van der Waals surface area contributed by atoms with Crippen LogP contribution in [0.1, 0.15) is 5.56 Å². The minimum Gasteiger partial charge on any atom is -0.253 e. The molecule has 0 aliphatic rings. The molecule has 2 aromatic rings. The first kappa shape index (κ1) is 9.76. The minimum absolute atomic E-state index is 0.468. The highest BCUT2D eigenvalue weighted by atomic mass is 19.1. The van der Waals surface area contributed by atoms with Gasteiger partial charge in [-0.05, 0) is 18.1 Å². The fourth-order valence-electron chi connectivity index (χ4n) is 1.31. The number of benzene rings is 1. The first-order valence-electron chi connectivity index (χ1n) is 4.52. The largest absolute Gasteiger partial charge is 0.253 e. The molecule has 0 fully saturated rings. The summed E-state index contributed by atoms with van der Waals surface area (Å²) in [5.41, 5.74) is 0.479. The van der Waals surface area contributed by atoms with Crippen molar-refractivity contribution in [2.75, 3.05) is 0 Å². The van der Waals surface area contributed by atoms with Crippen LogP contribution in [0.2, 0.25) is 0 Å². The fourth-order valence-corrected chi connectivity index (χ4v) is 1.31. The van der Waals surface area contributed by atoms with Crippen LogP contribution in [-0.2, 0) is 13.0 Å². The average Bonchev–Trinajstić information content (AvgIpc) is 2.69. The maximum atomic E-state index is 13.2. The molecular weight excluding hydrogens is 200 g/mol. The van der Waals surface area contributed by atoms with Gasteiger partial charge in [-0.1, -0.05) is 6.07 Å². The highest BCUT2D eigenvalue weighted by Gasteiger charge is 2.03. The molecule has 78 valence electrons. The molecule has 0 amide bonds. The van der Waals surface area contributed by atoms with E-state index in [0.717, 1.165) is 6.07 Å². The monoisotopic (exact) mass is 209 g/mol. The average molecular weight is 209 g/mol. The summed E-state index contributed by atoms with van der Waals surface area (Å²) in [5.74, 6) is -1.08. The Balaban J connectivity index is 2.05. The summed E-state index contributed by atoms with van der Waals surface area (Å²) in [5, 5.41) is 3.89. The third kappa shape index (κ3) is 2.37. The molecule has 3 nitrogen and oxygen atoms in total. The van der Waals surface area contributed by atoms with Gasteiger partial charge in [-0.3, -0.25) is 4.68 Å². The van der Waals surface area contributed by atoms with E-state index < -0.39 is 11.6 Å². The van der Waals surface area contributed by atoms with Gasteiger partial charge in [0, 0.05) is 12.6 Å². The summed E-state index contributed by atoms with van der Waals surface area (Å²) >= 11 is 0. The highest BCUT2D eigenvalue weighted by molar-refractivity contribution is 5.18. The summed E-state index contributed by atoms with van der Waals surface area (Å²) in [7, 11) is 0. The Bertz CT molecular complexity index is 440. The van der Waals surface area contributed by atoms with E-state index in [2.05, 4.69) is 10.1 Å². The smallest absolute Gasteiger partial charge is 0.137 e. The van der Waals surface area contributed by atoms with Gasteiger partial charge in [-0.15, -0.1) is 0 Å². The first-order valence-corrected chi connectivity index (χ1v) is 4.52. The molecule has 0 spiro atoms. The zero-order valence-electron chi connectivity index (χ0n) is 7.90. The van der Waals surface area contributed by atoms with Crippen molar-refractivity contribution in [3.8, 4) is 0 Å². The number of aromatic nitrogens is 3. The first-order chi connectivity index (χ1) is 7.25. The quantitative estimate of drug-likeness (QED) is 0.771. The molecule has 0 N–H and O–H groups in total. The maximum Gasteiger partial charge on any atom is 0.137 e. The molecular formula is C10H9F2N3.